The van der Waals surface area contributed by atoms with Crippen LogP contribution >= 0.6 is 22.9 Å². The predicted octanol–water partition coefficient (Wildman–Crippen LogP) is 3.04. The first-order valence-corrected chi connectivity index (χ1v) is 6.18. The first-order chi connectivity index (χ1) is 7.75. The van der Waals surface area contributed by atoms with Gasteiger partial charge in [-0.05, 0) is 24.6 Å². The Labute approximate surface area is 104 Å². The molecule has 16 heavy (non-hydrogen) atoms. The maximum atomic E-state index is 5.81. The van der Waals surface area contributed by atoms with Crippen molar-refractivity contribution in [2.75, 3.05) is 0 Å². The lowest BCUT2D eigenvalue weighted by Gasteiger charge is -2.12. The van der Waals surface area contributed by atoms with E-state index in [1.807, 2.05) is 12.1 Å². The molecule has 0 saturated heterocycles. The molecule has 2 aromatic heterocycles. The second kappa shape index (κ2) is 5.39. The molecule has 2 heterocycles. The fourth-order valence-corrected chi connectivity index (χ4v) is 2.29. The van der Waals surface area contributed by atoms with Crippen molar-refractivity contribution in [3.8, 4) is 0 Å². The Balaban J connectivity index is 1.91. The second-order valence-electron chi connectivity index (χ2n) is 3.44. The highest BCUT2D eigenvalue weighted by Crippen LogP contribution is 2.19. The first kappa shape index (κ1) is 11.5. The summed E-state index contributed by atoms with van der Waals surface area (Å²) in [6.07, 6.45) is 5.28. The first-order valence-electron chi connectivity index (χ1n) is 4.99. The Kier molecular flexibility index (Phi) is 3.88. The van der Waals surface area contributed by atoms with Crippen LogP contribution in [-0.4, -0.2) is 9.97 Å². The lowest BCUT2D eigenvalue weighted by molar-refractivity contribution is 0.572. The quantitative estimate of drug-likeness (QED) is 0.910. The van der Waals surface area contributed by atoms with Crippen molar-refractivity contribution in [3.05, 3.63) is 45.6 Å². The van der Waals surface area contributed by atoms with Crippen LogP contribution in [0.5, 0.6) is 0 Å². The summed E-state index contributed by atoms with van der Waals surface area (Å²) in [6.45, 7) is 2.85. The van der Waals surface area contributed by atoms with Gasteiger partial charge in [0.2, 0.25) is 0 Å². The maximum Gasteiger partial charge on any atom is 0.113 e. The second-order valence-corrected chi connectivity index (χ2v) is 5.19. The molecule has 3 nitrogen and oxygen atoms in total. The summed E-state index contributed by atoms with van der Waals surface area (Å²) >= 11 is 7.32. The number of thiazole rings is 1. The van der Waals surface area contributed by atoms with Crippen molar-refractivity contribution in [1.82, 2.24) is 15.3 Å². The molecule has 84 valence electrons. The number of pyridine rings is 1. The topological polar surface area (TPSA) is 37.8 Å². The third-order valence-corrected chi connectivity index (χ3v) is 3.41. The number of hydrogen-bond donors (Lipinski definition) is 1. The van der Waals surface area contributed by atoms with Gasteiger partial charge >= 0.3 is 0 Å². The molecule has 2 rings (SSSR count). The molecule has 0 radical (unpaired) electrons. The molecule has 1 unspecified atom stereocenters. The lowest BCUT2D eigenvalue weighted by atomic mass is 10.1. The van der Waals surface area contributed by atoms with Gasteiger partial charge in [-0.3, -0.25) is 4.98 Å². The fourth-order valence-electron chi connectivity index (χ4n) is 1.38. The zero-order valence-electron chi connectivity index (χ0n) is 8.85. The summed E-state index contributed by atoms with van der Waals surface area (Å²) in [4.78, 5) is 8.19. The molecule has 0 aliphatic carbocycles. The van der Waals surface area contributed by atoms with E-state index in [1.54, 1.807) is 18.6 Å². The average Bonchev–Trinajstić information content (AvgIpc) is 2.73. The van der Waals surface area contributed by atoms with Crippen LogP contribution in [0.4, 0.5) is 0 Å². The van der Waals surface area contributed by atoms with E-state index in [-0.39, 0.29) is 6.04 Å². The third-order valence-electron chi connectivity index (χ3n) is 2.29. The largest absolute Gasteiger partial charge is 0.304 e. The van der Waals surface area contributed by atoms with E-state index >= 15 is 0 Å². The number of nitrogens with one attached hydrogen (secondary N) is 1. The molecule has 0 aliphatic heterocycles. The summed E-state index contributed by atoms with van der Waals surface area (Å²) in [5.41, 5.74) is 1.22. The molecular weight excluding hydrogens is 242 g/mol. The normalized spacial score (nSPS) is 12.6. The van der Waals surface area contributed by atoms with Crippen molar-refractivity contribution in [2.45, 2.75) is 19.5 Å². The van der Waals surface area contributed by atoms with Crippen molar-refractivity contribution in [3.63, 3.8) is 0 Å². The highest BCUT2D eigenvalue weighted by molar-refractivity contribution is 7.15. The SMILES string of the molecule is CC(NCc1ncc(Cl)s1)c1ccncc1. The maximum absolute atomic E-state index is 5.81. The van der Waals surface area contributed by atoms with Gasteiger partial charge in [0.15, 0.2) is 0 Å². The van der Waals surface area contributed by atoms with E-state index in [9.17, 15) is 0 Å². The Morgan fingerprint density at radius 1 is 1.44 bits per heavy atom. The molecule has 1 N–H and O–H groups in total. The molecule has 0 spiro atoms. The van der Waals surface area contributed by atoms with Gasteiger partial charge in [0.25, 0.3) is 0 Å². The number of hydrogen-bond acceptors (Lipinski definition) is 4. The molecule has 5 heteroatoms. The van der Waals surface area contributed by atoms with Gasteiger partial charge in [-0.1, -0.05) is 11.6 Å². The lowest BCUT2D eigenvalue weighted by Crippen LogP contribution is -2.17. The Bertz CT molecular complexity index is 444. The predicted molar refractivity (Wildman–Crippen MR) is 66.6 cm³/mol. The summed E-state index contributed by atoms with van der Waals surface area (Å²) < 4.78 is 0.730. The van der Waals surface area contributed by atoms with Crippen LogP contribution in [0.2, 0.25) is 4.34 Å². The summed E-state index contributed by atoms with van der Waals surface area (Å²) in [5, 5.41) is 4.40. The molecule has 0 saturated carbocycles. The molecule has 0 fully saturated rings. The number of nitrogens with zero attached hydrogens (tertiary/aromatic N) is 2. The zero-order valence-corrected chi connectivity index (χ0v) is 10.4. The molecule has 0 bridgehead atoms. The van der Waals surface area contributed by atoms with Crippen LogP contribution in [-0.2, 0) is 6.54 Å². The van der Waals surface area contributed by atoms with Crippen LogP contribution < -0.4 is 5.32 Å². The number of aromatic nitrogens is 2. The van der Waals surface area contributed by atoms with Gasteiger partial charge < -0.3 is 5.32 Å². The van der Waals surface area contributed by atoms with Crippen molar-refractivity contribution in [1.29, 1.82) is 0 Å². The summed E-state index contributed by atoms with van der Waals surface area (Å²) in [7, 11) is 0. The van der Waals surface area contributed by atoms with Gasteiger partial charge in [-0.2, -0.15) is 0 Å². The van der Waals surface area contributed by atoms with Gasteiger partial charge in [-0.25, -0.2) is 4.98 Å². The van der Waals surface area contributed by atoms with Crippen LogP contribution in [0.25, 0.3) is 0 Å². The Hall–Kier alpha value is -0.970. The highest BCUT2D eigenvalue weighted by Gasteiger charge is 2.05. The fraction of sp³-hybridized carbons (Fsp3) is 0.273. The van der Waals surface area contributed by atoms with Crippen LogP contribution in [0, 0.1) is 0 Å². The van der Waals surface area contributed by atoms with E-state index in [0.717, 1.165) is 15.9 Å². The van der Waals surface area contributed by atoms with Gasteiger partial charge in [0.05, 0.1) is 6.20 Å². The van der Waals surface area contributed by atoms with Crippen LogP contribution in [0.1, 0.15) is 23.5 Å². The van der Waals surface area contributed by atoms with Gasteiger partial charge in [-0.15, -0.1) is 11.3 Å². The van der Waals surface area contributed by atoms with Crippen molar-refractivity contribution in [2.24, 2.45) is 0 Å². The van der Waals surface area contributed by atoms with E-state index in [0.29, 0.717) is 0 Å². The van der Waals surface area contributed by atoms with Gasteiger partial charge in [0.1, 0.15) is 9.34 Å². The van der Waals surface area contributed by atoms with E-state index in [4.69, 9.17) is 11.6 Å². The monoisotopic (exact) mass is 253 g/mol. The minimum Gasteiger partial charge on any atom is -0.304 e. The molecule has 0 amide bonds. The van der Waals surface area contributed by atoms with Gasteiger partial charge in [0, 0.05) is 25.0 Å². The smallest absolute Gasteiger partial charge is 0.113 e. The third kappa shape index (κ3) is 3.01. The van der Waals surface area contributed by atoms with Crippen molar-refractivity contribution >= 4 is 22.9 Å². The highest BCUT2D eigenvalue weighted by atomic mass is 35.5. The standard InChI is InChI=1S/C11H12ClN3S/c1-8(9-2-4-13-5-3-9)14-7-11-15-6-10(12)16-11/h2-6,8,14H,7H2,1H3. The average molecular weight is 254 g/mol. The van der Waals surface area contributed by atoms with Crippen LogP contribution in [0.3, 0.4) is 0 Å². The minimum absolute atomic E-state index is 0.283. The molecule has 1 atom stereocenters. The Morgan fingerprint density at radius 2 is 2.19 bits per heavy atom. The van der Waals surface area contributed by atoms with Crippen LogP contribution in [0.15, 0.2) is 30.7 Å². The minimum atomic E-state index is 0.283. The number of halogens is 1. The summed E-state index contributed by atoms with van der Waals surface area (Å²) in [5.74, 6) is 0. The molecular formula is C11H12ClN3S. The molecule has 0 aliphatic rings. The molecule has 2 aromatic rings. The summed E-state index contributed by atoms with van der Waals surface area (Å²) in [6, 6.07) is 4.30. The van der Waals surface area contributed by atoms with E-state index < -0.39 is 0 Å². The van der Waals surface area contributed by atoms with E-state index in [1.165, 1.54) is 16.9 Å². The van der Waals surface area contributed by atoms with Crippen molar-refractivity contribution < 1.29 is 0 Å². The Morgan fingerprint density at radius 3 is 2.81 bits per heavy atom. The molecule has 0 aromatic carbocycles. The zero-order chi connectivity index (χ0) is 11.4. The van der Waals surface area contributed by atoms with E-state index in [2.05, 4.69) is 22.2 Å². The number of rotatable bonds is 4.